The summed E-state index contributed by atoms with van der Waals surface area (Å²) < 4.78 is 5.32. The fraction of sp³-hybridized carbons (Fsp3) is 0.857. The first-order chi connectivity index (χ1) is 9.15. The van der Waals surface area contributed by atoms with E-state index in [9.17, 15) is 14.7 Å². The van der Waals surface area contributed by atoms with Gasteiger partial charge in [-0.3, -0.25) is 4.79 Å². The minimum Gasteiger partial charge on any atom is -0.444 e. The van der Waals surface area contributed by atoms with Crippen molar-refractivity contribution in [1.29, 1.82) is 0 Å². The van der Waals surface area contributed by atoms with Crippen LogP contribution < -0.4 is 0 Å². The predicted octanol–water partition coefficient (Wildman–Crippen LogP) is 1.08. The molecule has 0 unspecified atom stereocenters. The van der Waals surface area contributed by atoms with Crippen LogP contribution in [0.1, 0.15) is 34.6 Å². The van der Waals surface area contributed by atoms with Crippen LogP contribution in [0.15, 0.2) is 0 Å². The fourth-order valence-electron chi connectivity index (χ4n) is 2.13. The van der Waals surface area contributed by atoms with Gasteiger partial charge in [-0.1, -0.05) is 13.8 Å². The summed E-state index contributed by atoms with van der Waals surface area (Å²) in [7, 11) is 0. The van der Waals surface area contributed by atoms with Gasteiger partial charge in [0.15, 0.2) is 0 Å². The Bertz CT molecular complexity index is 363. The lowest BCUT2D eigenvalue weighted by Crippen LogP contribution is -2.59. The summed E-state index contributed by atoms with van der Waals surface area (Å²) in [6, 6.07) is -0.355. The summed E-state index contributed by atoms with van der Waals surface area (Å²) in [5.41, 5.74) is -0.545. The van der Waals surface area contributed by atoms with Crippen molar-refractivity contribution >= 4 is 12.0 Å². The third kappa shape index (κ3) is 4.37. The lowest BCUT2D eigenvalue weighted by Gasteiger charge is -2.41. The van der Waals surface area contributed by atoms with Crippen LogP contribution in [-0.4, -0.2) is 64.8 Å². The zero-order valence-electron chi connectivity index (χ0n) is 13.0. The Balaban J connectivity index is 2.68. The predicted molar refractivity (Wildman–Crippen MR) is 75.2 cm³/mol. The van der Waals surface area contributed by atoms with Gasteiger partial charge in [-0.05, 0) is 20.8 Å². The van der Waals surface area contributed by atoms with Gasteiger partial charge in [-0.25, -0.2) is 4.79 Å². The molecule has 1 aliphatic heterocycles. The topological polar surface area (TPSA) is 70.1 Å². The van der Waals surface area contributed by atoms with Gasteiger partial charge in [-0.15, -0.1) is 0 Å². The van der Waals surface area contributed by atoms with E-state index in [4.69, 9.17) is 4.74 Å². The smallest absolute Gasteiger partial charge is 0.410 e. The third-order valence-corrected chi connectivity index (χ3v) is 3.12. The number of aliphatic hydroxyl groups is 1. The summed E-state index contributed by atoms with van der Waals surface area (Å²) >= 11 is 0. The van der Waals surface area contributed by atoms with Crippen LogP contribution in [-0.2, 0) is 9.53 Å². The molecular weight excluding hydrogens is 260 g/mol. The summed E-state index contributed by atoms with van der Waals surface area (Å²) in [5, 5.41) is 9.45. The molecule has 6 nitrogen and oxygen atoms in total. The standard InChI is InChI=1S/C14H26N2O4/c1-10(2)12(18)16-7-6-15(8-11(16)9-17)13(19)20-14(3,4)5/h10-11,17H,6-9H2,1-5H3/t11-/m1/s1. The van der Waals surface area contributed by atoms with E-state index in [2.05, 4.69) is 0 Å². The molecule has 1 saturated heterocycles. The zero-order chi connectivity index (χ0) is 15.5. The highest BCUT2D eigenvalue weighted by Gasteiger charge is 2.34. The summed E-state index contributed by atoms with van der Waals surface area (Å²) in [5.74, 6) is -0.106. The van der Waals surface area contributed by atoms with Crippen molar-refractivity contribution in [2.75, 3.05) is 26.2 Å². The quantitative estimate of drug-likeness (QED) is 0.824. The van der Waals surface area contributed by atoms with E-state index in [0.717, 1.165) is 0 Å². The molecule has 0 aromatic heterocycles. The van der Waals surface area contributed by atoms with Crippen LogP contribution in [0.25, 0.3) is 0 Å². The van der Waals surface area contributed by atoms with Crippen molar-refractivity contribution in [3.8, 4) is 0 Å². The molecule has 1 heterocycles. The highest BCUT2D eigenvalue weighted by Crippen LogP contribution is 2.16. The Labute approximate surface area is 120 Å². The number of piperazine rings is 1. The Morgan fingerprint density at radius 3 is 2.35 bits per heavy atom. The average molecular weight is 286 g/mol. The molecule has 6 heteroatoms. The zero-order valence-corrected chi connectivity index (χ0v) is 13.0. The molecule has 0 bridgehead atoms. The van der Waals surface area contributed by atoms with Gasteiger partial charge >= 0.3 is 6.09 Å². The van der Waals surface area contributed by atoms with Crippen molar-refractivity contribution in [3.05, 3.63) is 0 Å². The maximum Gasteiger partial charge on any atom is 0.410 e. The van der Waals surface area contributed by atoms with Crippen molar-refractivity contribution in [2.45, 2.75) is 46.3 Å². The van der Waals surface area contributed by atoms with Crippen molar-refractivity contribution in [3.63, 3.8) is 0 Å². The van der Waals surface area contributed by atoms with Crippen LogP contribution in [0.2, 0.25) is 0 Å². The van der Waals surface area contributed by atoms with E-state index in [1.807, 2.05) is 34.6 Å². The van der Waals surface area contributed by atoms with E-state index >= 15 is 0 Å². The Hall–Kier alpha value is -1.30. The molecule has 0 radical (unpaired) electrons. The molecule has 1 aliphatic rings. The first kappa shape index (κ1) is 16.8. The van der Waals surface area contributed by atoms with Gasteiger partial charge in [0.2, 0.25) is 5.91 Å². The molecule has 2 amide bonds. The lowest BCUT2D eigenvalue weighted by atomic mass is 10.1. The van der Waals surface area contributed by atoms with Gasteiger partial charge in [-0.2, -0.15) is 0 Å². The molecule has 0 aromatic carbocycles. The van der Waals surface area contributed by atoms with Crippen LogP contribution in [0, 0.1) is 5.92 Å². The second-order valence-corrected chi connectivity index (χ2v) is 6.45. The first-order valence-electron chi connectivity index (χ1n) is 7.05. The first-order valence-corrected chi connectivity index (χ1v) is 7.05. The Morgan fingerprint density at radius 2 is 1.90 bits per heavy atom. The van der Waals surface area contributed by atoms with Crippen molar-refractivity contribution in [2.24, 2.45) is 5.92 Å². The number of aliphatic hydroxyl groups excluding tert-OH is 1. The Kier molecular flexibility index (Phi) is 5.39. The molecule has 1 N–H and O–H groups in total. The number of nitrogens with zero attached hydrogens (tertiary/aromatic N) is 2. The minimum absolute atomic E-state index is 0.00730. The van der Waals surface area contributed by atoms with Gasteiger partial charge < -0.3 is 19.6 Å². The number of ether oxygens (including phenoxy) is 1. The molecule has 1 fully saturated rings. The van der Waals surface area contributed by atoms with Crippen LogP contribution in [0.5, 0.6) is 0 Å². The van der Waals surface area contributed by atoms with Crippen molar-refractivity contribution in [1.82, 2.24) is 9.80 Å². The number of carbonyl (C=O) groups is 2. The maximum atomic E-state index is 12.1. The van der Waals surface area contributed by atoms with E-state index in [-0.39, 0.29) is 24.5 Å². The molecule has 0 aromatic rings. The molecule has 20 heavy (non-hydrogen) atoms. The van der Waals surface area contributed by atoms with E-state index in [1.165, 1.54) is 0 Å². The largest absolute Gasteiger partial charge is 0.444 e. The molecular formula is C14H26N2O4. The number of amides is 2. The molecule has 0 aliphatic carbocycles. The highest BCUT2D eigenvalue weighted by atomic mass is 16.6. The van der Waals surface area contributed by atoms with Crippen LogP contribution in [0.3, 0.4) is 0 Å². The van der Waals surface area contributed by atoms with E-state index in [0.29, 0.717) is 19.6 Å². The molecule has 0 spiro atoms. The normalized spacial score (nSPS) is 20.2. The molecule has 0 saturated carbocycles. The summed E-state index contributed by atoms with van der Waals surface area (Å²) in [6.07, 6.45) is -0.396. The van der Waals surface area contributed by atoms with E-state index < -0.39 is 11.7 Å². The monoisotopic (exact) mass is 286 g/mol. The SMILES string of the molecule is CC(C)C(=O)N1CCN(C(=O)OC(C)(C)C)C[C@@H]1CO. The van der Waals surface area contributed by atoms with Crippen LogP contribution >= 0.6 is 0 Å². The maximum absolute atomic E-state index is 12.1. The van der Waals surface area contributed by atoms with Gasteiger partial charge in [0.05, 0.1) is 12.6 Å². The Morgan fingerprint density at radius 1 is 1.30 bits per heavy atom. The number of carbonyl (C=O) groups excluding carboxylic acids is 2. The number of hydrogen-bond donors (Lipinski definition) is 1. The van der Waals surface area contributed by atoms with Gasteiger partial charge in [0, 0.05) is 25.6 Å². The van der Waals surface area contributed by atoms with Crippen molar-refractivity contribution < 1.29 is 19.4 Å². The number of hydrogen-bond acceptors (Lipinski definition) is 4. The fourth-order valence-corrected chi connectivity index (χ4v) is 2.13. The summed E-state index contributed by atoms with van der Waals surface area (Å²) in [6.45, 7) is 10.1. The van der Waals surface area contributed by atoms with Crippen LogP contribution in [0.4, 0.5) is 4.79 Å². The number of rotatable bonds is 2. The molecule has 1 atom stereocenters. The third-order valence-electron chi connectivity index (χ3n) is 3.12. The summed E-state index contributed by atoms with van der Waals surface area (Å²) in [4.78, 5) is 27.3. The highest BCUT2D eigenvalue weighted by molar-refractivity contribution is 5.79. The lowest BCUT2D eigenvalue weighted by molar-refractivity contribution is -0.140. The minimum atomic E-state index is -0.545. The molecule has 116 valence electrons. The van der Waals surface area contributed by atoms with Gasteiger partial charge in [0.1, 0.15) is 5.60 Å². The van der Waals surface area contributed by atoms with Gasteiger partial charge in [0.25, 0.3) is 0 Å². The second kappa shape index (κ2) is 6.43. The second-order valence-electron chi connectivity index (χ2n) is 6.45. The average Bonchev–Trinajstić information content (AvgIpc) is 2.34. The van der Waals surface area contributed by atoms with E-state index in [1.54, 1.807) is 9.80 Å². The molecule has 1 rings (SSSR count).